The molecule has 124 valence electrons. The zero-order valence-electron chi connectivity index (χ0n) is 13.1. The van der Waals surface area contributed by atoms with Gasteiger partial charge in [0.25, 0.3) is 0 Å². The van der Waals surface area contributed by atoms with Crippen LogP contribution in [0.5, 0.6) is 11.5 Å². The molecule has 0 aliphatic rings. The number of halogens is 1. The second kappa shape index (κ2) is 11.0. The molecular formula is C16H24ClNO4. The third-order valence-electron chi connectivity index (χ3n) is 2.80. The average molecular weight is 330 g/mol. The van der Waals surface area contributed by atoms with Crippen molar-refractivity contribution >= 4 is 24.3 Å². The van der Waals surface area contributed by atoms with Gasteiger partial charge in [-0.15, -0.1) is 12.4 Å². The molecule has 0 aromatic heterocycles. The number of carbonyl (C=O) groups is 2. The Morgan fingerprint density at radius 2 is 1.55 bits per heavy atom. The predicted molar refractivity (Wildman–Crippen MR) is 87.5 cm³/mol. The molecule has 1 aromatic rings. The van der Waals surface area contributed by atoms with Crippen LogP contribution in [0, 0.1) is 0 Å². The number of carbonyl (C=O) groups excluding carboxylic acids is 2. The van der Waals surface area contributed by atoms with E-state index in [0.29, 0.717) is 38.6 Å². The standard InChI is InChI=1S/C16H23NO4.ClH/c1-3-5-15(18)20-13-8-7-12(9-10-17)11-14(13)21-16(19)6-4-2;/h7-8,11H,3-6,9-10,17H2,1-2H3;1H. The molecule has 0 aliphatic heterocycles. The van der Waals surface area contributed by atoms with E-state index >= 15 is 0 Å². The third kappa shape index (κ3) is 6.91. The smallest absolute Gasteiger partial charge is 0.311 e. The first kappa shape index (κ1) is 20.4. The lowest BCUT2D eigenvalue weighted by Crippen LogP contribution is -2.12. The first-order valence-corrected chi connectivity index (χ1v) is 7.35. The van der Waals surface area contributed by atoms with Crippen LogP contribution >= 0.6 is 12.4 Å². The van der Waals surface area contributed by atoms with E-state index in [1.165, 1.54) is 0 Å². The normalized spacial score (nSPS) is 9.77. The van der Waals surface area contributed by atoms with Crippen molar-refractivity contribution in [3.05, 3.63) is 23.8 Å². The van der Waals surface area contributed by atoms with Gasteiger partial charge >= 0.3 is 11.9 Å². The number of esters is 2. The van der Waals surface area contributed by atoms with E-state index in [0.717, 1.165) is 5.56 Å². The summed E-state index contributed by atoms with van der Waals surface area (Å²) in [5.41, 5.74) is 6.46. The number of hydrogen-bond acceptors (Lipinski definition) is 5. The molecule has 0 radical (unpaired) electrons. The molecule has 0 amide bonds. The van der Waals surface area contributed by atoms with Crippen LogP contribution < -0.4 is 15.2 Å². The first-order chi connectivity index (χ1) is 10.1. The highest BCUT2D eigenvalue weighted by atomic mass is 35.5. The van der Waals surface area contributed by atoms with Crippen LogP contribution in [0.3, 0.4) is 0 Å². The highest BCUT2D eigenvalue weighted by molar-refractivity contribution is 5.85. The number of nitrogens with two attached hydrogens (primary N) is 1. The maximum atomic E-state index is 11.7. The molecule has 0 heterocycles. The predicted octanol–water partition coefficient (Wildman–Crippen LogP) is 3.02. The van der Waals surface area contributed by atoms with Crippen LogP contribution in [0.2, 0.25) is 0 Å². The summed E-state index contributed by atoms with van der Waals surface area (Å²) < 4.78 is 10.5. The van der Waals surface area contributed by atoms with Gasteiger partial charge in [-0.05, 0) is 43.5 Å². The second-order valence-electron chi connectivity index (χ2n) is 4.77. The molecule has 0 saturated heterocycles. The van der Waals surface area contributed by atoms with E-state index in [2.05, 4.69) is 0 Å². The van der Waals surface area contributed by atoms with Crippen molar-refractivity contribution in [2.45, 2.75) is 46.0 Å². The van der Waals surface area contributed by atoms with Crippen LogP contribution in [0.4, 0.5) is 0 Å². The lowest BCUT2D eigenvalue weighted by atomic mass is 10.1. The Hall–Kier alpha value is -1.59. The van der Waals surface area contributed by atoms with E-state index in [4.69, 9.17) is 15.2 Å². The summed E-state index contributed by atoms with van der Waals surface area (Å²) in [7, 11) is 0. The topological polar surface area (TPSA) is 78.6 Å². The van der Waals surface area contributed by atoms with E-state index in [-0.39, 0.29) is 35.8 Å². The molecule has 2 N–H and O–H groups in total. The van der Waals surface area contributed by atoms with Crippen LogP contribution in [0.1, 0.15) is 45.1 Å². The van der Waals surface area contributed by atoms with Crippen molar-refractivity contribution in [3.63, 3.8) is 0 Å². The average Bonchev–Trinajstić information content (AvgIpc) is 2.42. The Morgan fingerprint density at radius 3 is 2.05 bits per heavy atom. The summed E-state index contributed by atoms with van der Waals surface area (Å²) in [6.45, 7) is 4.29. The minimum atomic E-state index is -0.338. The van der Waals surface area contributed by atoms with Gasteiger partial charge in [-0.25, -0.2) is 0 Å². The Bertz CT molecular complexity index is 491. The molecule has 1 rings (SSSR count). The van der Waals surface area contributed by atoms with Crippen molar-refractivity contribution in [3.8, 4) is 11.5 Å². The SMILES string of the molecule is CCCC(=O)Oc1ccc(CCN)cc1OC(=O)CCC.Cl. The minimum Gasteiger partial charge on any atom is -0.423 e. The van der Waals surface area contributed by atoms with E-state index in [1.54, 1.807) is 12.1 Å². The van der Waals surface area contributed by atoms with Crippen molar-refractivity contribution < 1.29 is 19.1 Å². The van der Waals surface area contributed by atoms with Crippen LogP contribution in [-0.2, 0) is 16.0 Å². The Kier molecular flexibility index (Phi) is 10.2. The van der Waals surface area contributed by atoms with Gasteiger partial charge in [-0.3, -0.25) is 9.59 Å². The van der Waals surface area contributed by atoms with Gasteiger partial charge in [0, 0.05) is 12.8 Å². The van der Waals surface area contributed by atoms with Crippen molar-refractivity contribution in [2.24, 2.45) is 5.73 Å². The number of rotatable bonds is 8. The zero-order chi connectivity index (χ0) is 15.7. The molecule has 0 unspecified atom stereocenters. The van der Waals surface area contributed by atoms with Crippen molar-refractivity contribution in [1.29, 1.82) is 0 Å². The molecule has 1 aromatic carbocycles. The third-order valence-corrected chi connectivity index (χ3v) is 2.80. The number of hydrogen-bond donors (Lipinski definition) is 1. The first-order valence-electron chi connectivity index (χ1n) is 7.35. The monoisotopic (exact) mass is 329 g/mol. The summed E-state index contributed by atoms with van der Waals surface area (Å²) in [6, 6.07) is 5.17. The fourth-order valence-corrected chi connectivity index (χ4v) is 1.79. The van der Waals surface area contributed by atoms with Gasteiger partial charge < -0.3 is 15.2 Å². The molecule has 6 heteroatoms. The van der Waals surface area contributed by atoms with E-state index in [1.807, 2.05) is 19.9 Å². The van der Waals surface area contributed by atoms with Crippen LogP contribution in [0.15, 0.2) is 18.2 Å². The zero-order valence-corrected chi connectivity index (χ0v) is 13.9. The van der Waals surface area contributed by atoms with Gasteiger partial charge in [0.05, 0.1) is 0 Å². The summed E-state index contributed by atoms with van der Waals surface area (Å²) in [4.78, 5) is 23.3. The quantitative estimate of drug-likeness (QED) is 0.586. The van der Waals surface area contributed by atoms with Gasteiger partial charge in [-0.2, -0.15) is 0 Å². The van der Waals surface area contributed by atoms with Crippen LogP contribution in [-0.4, -0.2) is 18.5 Å². The lowest BCUT2D eigenvalue weighted by Gasteiger charge is -2.12. The molecule has 0 atom stereocenters. The molecule has 0 saturated carbocycles. The highest BCUT2D eigenvalue weighted by Crippen LogP contribution is 2.29. The van der Waals surface area contributed by atoms with Gasteiger partial charge in [-0.1, -0.05) is 19.9 Å². The molecule has 5 nitrogen and oxygen atoms in total. The molecule has 0 bridgehead atoms. The Morgan fingerprint density at radius 1 is 1.00 bits per heavy atom. The highest BCUT2D eigenvalue weighted by Gasteiger charge is 2.14. The summed E-state index contributed by atoms with van der Waals surface area (Å²) in [5, 5.41) is 0. The van der Waals surface area contributed by atoms with Crippen molar-refractivity contribution in [2.75, 3.05) is 6.54 Å². The molecular weight excluding hydrogens is 306 g/mol. The molecule has 0 spiro atoms. The summed E-state index contributed by atoms with van der Waals surface area (Å²) >= 11 is 0. The molecule has 0 fully saturated rings. The summed E-state index contributed by atoms with van der Waals surface area (Å²) in [6.07, 6.45) is 2.72. The van der Waals surface area contributed by atoms with E-state index in [9.17, 15) is 9.59 Å². The van der Waals surface area contributed by atoms with Gasteiger partial charge in [0.2, 0.25) is 0 Å². The molecule has 0 aliphatic carbocycles. The maximum Gasteiger partial charge on any atom is 0.311 e. The Balaban J connectivity index is 0.00000441. The van der Waals surface area contributed by atoms with Crippen molar-refractivity contribution in [1.82, 2.24) is 0 Å². The minimum absolute atomic E-state index is 0. The number of benzene rings is 1. The fraction of sp³-hybridized carbons (Fsp3) is 0.500. The molecule has 22 heavy (non-hydrogen) atoms. The largest absolute Gasteiger partial charge is 0.423 e. The maximum absolute atomic E-state index is 11.7. The van der Waals surface area contributed by atoms with E-state index < -0.39 is 0 Å². The fourth-order valence-electron chi connectivity index (χ4n) is 1.79. The van der Waals surface area contributed by atoms with Crippen LogP contribution in [0.25, 0.3) is 0 Å². The Labute approximate surface area is 137 Å². The number of ether oxygens (including phenoxy) is 2. The lowest BCUT2D eigenvalue weighted by molar-refractivity contribution is -0.137. The second-order valence-corrected chi connectivity index (χ2v) is 4.77. The summed E-state index contributed by atoms with van der Waals surface area (Å²) in [5.74, 6) is -0.116. The van der Waals surface area contributed by atoms with Gasteiger partial charge in [0.1, 0.15) is 0 Å². The van der Waals surface area contributed by atoms with Gasteiger partial charge in [0.15, 0.2) is 11.5 Å².